The Bertz CT molecular complexity index is 1090. The van der Waals surface area contributed by atoms with Crippen LogP contribution in [0.1, 0.15) is 37.0 Å². The van der Waals surface area contributed by atoms with E-state index in [1.807, 2.05) is 25.2 Å². The third-order valence-corrected chi connectivity index (χ3v) is 5.79. The molecule has 0 bridgehead atoms. The first-order chi connectivity index (χ1) is 17.4. The van der Waals surface area contributed by atoms with Crippen molar-refractivity contribution in [3.8, 4) is 29.9 Å². The number of halogens is 2. The quantitative estimate of drug-likeness (QED) is 0.217. The number of allylic oxidation sites excluding steroid dienone is 1. The molecule has 2 heterocycles. The maximum absolute atomic E-state index is 13.1. The molecule has 0 unspecified atom stereocenters. The lowest BCUT2D eigenvalue weighted by Gasteiger charge is -2.29. The fourth-order valence-electron chi connectivity index (χ4n) is 3.05. The summed E-state index contributed by atoms with van der Waals surface area (Å²) in [4.78, 5) is 19.0. The Morgan fingerprint density at radius 1 is 1.22 bits per heavy atom. The SMILES string of the molecule is C#C.CC1CC1.CCOC/C=C\C(=C/COC)N1COc2cc(-c3ccc(Cl)cc3Cl)ncc2C1=O. The molecule has 1 saturated carbocycles. The minimum Gasteiger partial charge on any atom is -0.472 e. The van der Waals surface area contributed by atoms with Crippen molar-refractivity contribution in [2.24, 2.45) is 5.92 Å². The van der Waals surface area contributed by atoms with Gasteiger partial charge in [-0.1, -0.05) is 49.0 Å². The Morgan fingerprint density at radius 3 is 2.56 bits per heavy atom. The van der Waals surface area contributed by atoms with Crippen molar-refractivity contribution in [2.45, 2.75) is 26.7 Å². The van der Waals surface area contributed by atoms with Crippen LogP contribution in [-0.2, 0) is 9.47 Å². The van der Waals surface area contributed by atoms with Gasteiger partial charge in [0.05, 0.1) is 23.9 Å². The van der Waals surface area contributed by atoms with Gasteiger partial charge in [0.2, 0.25) is 0 Å². The minimum atomic E-state index is -0.207. The lowest BCUT2D eigenvalue weighted by molar-refractivity contribution is 0.0621. The number of hydrogen-bond donors (Lipinski definition) is 0. The van der Waals surface area contributed by atoms with Gasteiger partial charge in [0.15, 0.2) is 6.73 Å². The van der Waals surface area contributed by atoms with Gasteiger partial charge in [-0.2, -0.15) is 0 Å². The lowest BCUT2D eigenvalue weighted by Crippen LogP contribution is -2.37. The zero-order chi connectivity index (χ0) is 26.5. The number of fused-ring (bicyclic) bond motifs is 1. The second-order valence-corrected chi connectivity index (χ2v) is 8.87. The van der Waals surface area contributed by atoms with Crippen LogP contribution >= 0.6 is 23.2 Å². The van der Waals surface area contributed by atoms with Crippen molar-refractivity contribution in [1.29, 1.82) is 0 Å². The molecule has 36 heavy (non-hydrogen) atoms. The first kappa shape index (κ1) is 29.4. The molecule has 0 N–H and O–H groups in total. The number of carbonyl (C=O) groups excluding carboxylic acids is 1. The first-order valence-corrected chi connectivity index (χ1v) is 12.4. The molecule has 4 rings (SSSR count). The highest BCUT2D eigenvalue weighted by Gasteiger charge is 2.28. The second-order valence-electron chi connectivity index (χ2n) is 8.03. The largest absolute Gasteiger partial charge is 0.472 e. The van der Waals surface area contributed by atoms with Gasteiger partial charge in [0.1, 0.15) is 11.3 Å². The summed E-state index contributed by atoms with van der Waals surface area (Å²) in [6.45, 7) is 5.70. The lowest BCUT2D eigenvalue weighted by atomic mass is 10.1. The topological polar surface area (TPSA) is 60.9 Å². The van der Waals surface area contributed by atoms with Crippen LogP contribution in [0, 0.1) is 18.8 Å². The Hall–Kier alpha value is -2.82. The molecule has 2 aromatic rings. The summed E-state index contributed by atoms with van der Waals surface area (Å²) in [6, 6.07) is 6.88. The Morgan fingerprint density at radius 2 is 1.94 bits per heavy atom. The molecule has 1 aliphatic heterocycles. The molecular weight excluding hydrogens is 499 g/mol. The van der Waals surface area contributed by atoms with Crippen molar-refractivity contribution in [2.75, 3.05) is 33.7 Å². The highest BCUT2D eigenvalue weighted by molar-refractivity contribution is 6.36. The van der Waals surface area contributed by atoms with Gasteiger partial charge in [0.25, 0.3) is 5.91 Å². The molecule has 0 saturated heterocycles. The third kappa shape index (κ3) is 8.69. The second kappa shape index (κ2) is 15.3. The van der Waals surface area contributed by atoms with Crippen LogP contribution in [-0.4, -0.2) is 49.5 Å². The number of amides is 1. The average Bonchev–Trinajstić information content (AvgIpc) is 3.67. The molecule has 6 nitrogen and oxygen atoms in total. The van der Waals surface area contributed by atoms with E-state index in [1.165, 1.54) is 23.9 Å². The summed E-state index contributed by atoms with van der Waals surface area (Å²) in [7, 11) is 1.59. The van der Waals surface area contributed by atoms with Gasteiger partial charge in [-0.3, -0.25) is 14.7 Å². The molecule has 192 valence electrons. The number of benzene rings is 1. The zero-order valence-electron chi connectivity index (χ0n) is 20.9. The Kier molecular flexibility index (Phi) is 12.5. The van der Waals surface area contributed by atoms with E-state index < -0.39 is 0 Å². The summed E-state index contributed by atoms with van der Waals surface area (Å²) < 4.78 is 16.3. The molecule has 1 fully saturated rings. The summed E-state index contributed by atoms with van der Waals surface area (Å²) in [5.41, 5.74) is 2.35. The smallest absolute Gasteiger partial charge is 0.266 e. The summed E-state index contributed by atoms with van der Waals surface area (Å²) >= 11 is 12.2. The van der Waals surface area contributed by atoms with Gasteiger partial charge in [-0.25, -0.2) is 0 Å². The molecule has 1 amide bonds. The van der Waals surface area contributed by atoms with Crippen LogP contribution in [0.5, 0.6) is 5.75 Å². The number of ether oxygens (including phenoxy) is 3. The van der Waals surface area contributed by atoms with Crippen LogP contribution in [0.25, 0.3) is 11.3 Å². The third-order valence-electron chi connectivity index (χ3n) is 5.24. The molecule has 1 aromatic heterocycles. The first-order valence-electron chi connectivity index (χ1n) is 11.6. The average molecular weight is 531 g/mol. The maximum atomic E-state index is 13.1. The molecular formula is C28H32Cl2N2O4. The van der Waals surface area contributed by atoms with Gasteiger partial charge < -0.3 is 14.2 Å². The summed E-state index contributed by atoms with van der Waals surface area (Å²) in [5.74, 6) is 1.33. The Balaban J connectivity index is 0.000000677. The van der Waals surface area contributed by atoms with Crippen molar-refractivity contribution >= 4 is 29.1 Å². The fourth-order valence-corrected chi connectivity index (χ4v) is 3.55. The van der Waals surface area contributed by atoms with Gasteiger partial charge in [0, 0.05) is 42.3 Å². The standard InChI is InChI=1S/C22H22Cl2N2O4.C4H8.C2H2/c1-3-29-9-4-5-16(8-10-28-2)26-14-30-21-12-20(25-13-18(21)22(26)27)17-7-6-15(23)11-19(17)24;1-4-2-3-4;1-2/h4-8,11-13H,3,9-10,14H2,1-2H3;4H,2-3H2,1H3;1-2H/b5-4-,16-8+;;. The van der Waals surface area contributed by atoms with Crippen molar-refractivity contribution < 1.29 is 19.0 Å². The summed E-state index contributed by atoms with van der Waals surface area (Å²) in [5, 5.41) is 1.01. The Labute approximate surface area is 223 Å². The predicted molar refractivity (Wildman–Crippen MR) is 145 cm³/mol. The number of nitrogens with zero attached hydrogens (tertiary/aromatic N) is 2. The fraction of sp³-hybridized carbons (Fsp3) is 0.357. The number of terminal acetylenes is 1. The van der Waals surface area contributed by atoms with Gasteiger partial charge in [-0.15, -0.1) is 12.8 Å². The molecule has 0 atom stereocenters. The number of pyridine rings is 1. The number of hydrogen-bond acceptors (Lipinski definition) is 5. The van der Waals surface area contributed by atoms with Gasteiger partial charge >= 0.3 is 0 Å². The van der Waals surface area contributed by atoms with E-state index in [0.717, 1.165) is 5.92 Å². The molecule has 1 aliphatic carbocycles. The molecule has 0 radical (unpaired) electrons. The molecule has 1 aromatic carbocycles. The van der Waals surface area contributed by atoms with E-state index in [2.05, 4.69) is 24.8 Å². The van der Waals surface area contributed by atoms with Crippen LogP contribution in [0.3, 0.4) is 0 Å². The van der Waals surface area contributed by atoms with Gasteiger partial charge in [-0.05, 0) is 43.2 Å². The number of rotatable bonds is 8. The van der Waals surface area contributed by atoms with E-state index in [-0.39, 0.29) is 12.6 Å². The van der Waals surface area contributed by atoms with E-state index in [9.17, 15) is 4.79 Å². The van der Waals surface area contributed by atoms with E-state index >= 15 is 0 Å². The van der Waals surface area contributed by atoms with E-state index in [0.29, 0.717) is 58.1 Å². The van der Waals surface area contributed by atoms with Crippen LogP contribution < -0.4 is 4.74 Å². The zero-order valence-corrected chi connectivity index (χ0v) is 22.4. The normalized spacial score (nSPS) is 14.8. The predicted octanol–water partition coefficient (Wildman–Crippen LogP) is 6.64. The van der Waals surface area contributed by atoms with Crippen LogP contribution in [0.15, 0.2) is 54.4 Å². The number of carbonyl (C=O) groups is 1. The highest BCUT2D eigenvalue weighted by atomic mass is 35.5. The molecule has 0 spiro atoms. The maximum Gasteiger partial charge on any atom is 0.266 e. The van der Waals surface area contributed by atoms with Crippen LogP contribution in [0.4, 0.5) is 0 Å². The number of aromatic nitrogens is 1. The summed E-state index contributed by atoms with van der Waals surface area (Å²) in [6.07, 6.45) is 17.9. The van der Waals surface area contributed by atoms with Crippen LogP contribution in [0.2, 0.25) is 10.0 Å². The number of methoxy groups -OCH3 is 1. The van der Waals surface area contributed by atoms with Crippen molar-refractivity contribution in [3.63, 3.8) is 0 Å². The minimum absolute atomic E-state index is 0.0676. The van der Waals surface area contributed by atoms with E-state index in [4.69, 9.17) is 37.4 Å². The van der Waals surface area contributed by atoms with Crippen molar-refractivity contribution in [3.05, 3.63) is 70.0 Å². The molecule has 8 heteroatoms. The van der Waals surface area contributed by atoms with Crippen molar-refractivity contribution in [1.82, 2.24) is 9.88 Å². The molecule has 2 aliphatic rings. The monoisotopic (exact) mass is 530 g/mol. The highest BCUT2D eigenvalue weighted by Crippen LogP contribution is 2.34. The van der Waals surface area contributed by atoms with E-state index in [1.54, 1.807) is 31.4 Å².